The van der Waals surface area contributed by atoms with Crippen LogP contribution in [-0.4, -0.2) is 16.6 Å². The van der Waals surface area contributed by atoms with E-state index in [1.807, 2.05) is 19.1 Å². The maximum atomic E-state index is 11.9. The minimum Gasteiger partial charge on any atom is -0.490 e. The van der Waals surface area contributed by atoms with Crippen molar-refractivity contribution in [2.75, 3.05) is 0 Å². The molecule has 1 atom stereocenters. The highest BCUT2D eigenvalue weighted by Crippen LogP contribution is 2.29. The van der Waals surface area contributed by atoms with Crippen molar-refractivity contribution in [2.45, 2.75) is 32.5 Å². The Bertz CT molecular complexity index is 752. The SMILES string of the molecule is C[C@H]1Cc2cc(CNC(=O)Cn3ccccc3=O)ccc2O1. The van der Waals surface area contributed by atoms with Crippen LogP contribution in [0, 0.1) is 0 Å². The summed E-state index contributed by atoms with van der Waals surface area (Å²) in [6.07, 6.45) is 2.72. The lowest BCUT2D eigenvalue weighted by atomic mass is 10.1. The zero-order valence-corrected chi connectivity index (χ0v) is 12.4. The Morgan fingerprint density at radius 3 is 3.05 bits per heavy atom. The molecule has 0 bridgehead atoms. The van der Waals surface area contributed by atoms with E-state index >= 15 is 0 Å². The summed E-state index contributed by atoms with van der Waals surface area (Å²) in [4.78, 5) is 23.5. The maximum Gasteiger partial charge on any atom is 0.250 e. The zero-order valence-electron chi connectivity index (χ0n) is 12.4. The minimum atomic E-state index is -0.182. The summed E-state index contributed by atoms with van der Waals surface area (Å²) in [6.45, 7) is 2.52. The number of nitrogens with zero attached hydrogens (tertiary/aromatic N) is 1. The lowest BCUT2D eigenvalue weighted by molar-refractivity contribution is -0.121. The van der Waals surface area contributed by atoms with Gasteiger partial charge in [0.2, 0.25) is 5.91 Å². The Balaban J connectivity index is 1.59. The molecule has 1 amide bonds. The van der Waals surface area contributed by atoms with Gasteiger partial charge in [-0.15, -0.1) is 0 Å². The van der Waals surface area contributed by atoms with Crippen LogP contribution in [0.25, 0.3) is 0 Å². The predicted molar refractivity (Wildman–Crippen MR) is 82.8 cm³/mol. The molecule has 0 radical (unpaired) electrons. The number of pyridine rings is 1. The van der Waals surface area contributed by atoms with Crippen LogP contribution in [-0.2, 0) is 24.3 Å². The summed E-state index contributed by atoms with van der Waals surface area (Å²) < 4.78 is 7.04. The standard InChI is InChI=1S/C17H18N2O3/c1-12-8-14-9-13(5-6-15(14)22-12)10-18-16(20)11-19-7-3-2-4-17(19)21/h2-7,9,12H,8,10-11H2,1H3,(H,18,20)/t12-/m0/s1. The highest BCUT2D eigenvalue weighted by Gasteiger charge is 2.18. The average molecular weight is 298 g/mol. The van der Waals surface area contributed by atoms with Gasteiger partial charge in [-0.3, -0.25) is 9.59 Å². The fourth-order valence-corrected chi connectivity index (χ4v) is 2.59. The molecule has 5 heteroatoms. The number of carbonyl (C=O) groups excluding carboxylic acids is 1. The van der Waals surface area contributed by atoms with Gasteiger partial charge in [0.25, 0.3) is 5.56 Å². The van der Waals surface area contributed by atoms with E-state index in [-0.39, 0.29) is 24.1 Å². The van der Waals surface area contributed by atoms with E-state index in [0.717, 1.165) is 17.7 Å². The third kappa shape index (κ3) is 3.19. The predicted octanol–water partition coefficient (Wildman–Crippen LogP) is 1.49. The van der Waals surface area contributed by atoms with Gasteiger partial charge in [-0.05, 0) is 30.2 Å². The summed E-state index contributed by atoms with van der Waals surface area (Å²) >= 11 is 0. The van der Waals surface area contributed by atoms with Gasteiger partial charge in [0.1, 0.15) is 18.4 Å². The van der Waals surface area contributed by atoms with Crippen molar-refractivity contribution in [1.29, 1.82) is 0 Å². The molecule has 5 nitrogen and oxygen atoms in total. The van der Waals surface area contributed by atoms with Crippen LogP contribution in [0.3, 0.4) is 0 Å². The molecule has 0 saturated carbocycles. The van der Waals surface area contributed by atoms with Crippen molar-refractivity contribution in [3.05, 3.63) is 64.1 Å². The zero-order chi connectivity index (χ0) is 15.5. The molecule has 2 aromatic rings. The highest BCUT2D eigenvalue weighted by molar-refractivity contribution is 5.75. The van der Waals surface area contributed by atoms with Crippen LogP contribution >= 0.6 is 0 Å². The first kappa shape index (κ1) is 14.4. The fourth-order valence-electron chi connectivity index (χ4n) is 2.59. The van der Waals surface area contributed by atoms with E-state index in [9.17, 15) is 9.59 Å². The molecular formula is C17H18N2O3. The molecule has 0 spiro atoms. The number of fused-ring (bicyclic) bond motifs is 1. The first-order valence-corrected chi connectivity index (χ1v) is 7.32. The van der Waals surface area contributed by atoms with E-state index in [1.54, 1.807) is 18.3 Å². The number of amides is 1. The van der Waals surface area contributed by atoms with Gasteiger partial charge in [0.05, 0.1) is 0 Å². The number of rotatable bonds is 4. The number of ether oxygens (including phenoxy) is 1. The summed E-state index contributed by atoms with van der Waals surface area (Å²) in [5.41, 5.74) is 2.03. The molecule has 1 aliphatic rings. The van der Waals surface area contributed by atoms with Crippen molar-refractivity contribution < 1.29 is 9.53 Å². The summed E-state index contributed by atoms with van der Waals surface area (Å²) in [6, 6.07) is 10.8. The van der Waals surface area contributed by atoms with Crippen molar-refractivity contribution in [3.8, 4) is 5.75 Å². The number of hydrogen-bond acceptors (Lipinski definition) is 3. The lowest BCUT2D eigenvalue weighted by Gasteiger charge is -2.08. The fraction of sp³-hybridized carbons (Fsp3) is 0.294. The molecule has 1 aromatic carbocycles. The van der Waals surface area contributed by atoms with E-state index in [0.29, 0.717) is 6.54 Å². The second-order valence-corrected chi connectivity index (χ2v) is 5.52. The second kappa shape index (κ2) is 6.05. The maximum absolute atomic E-state index is 11.9. The Morgan fingerprint density at radius 2 is 2.23 bits per heavy atom. The van der Waals surface area contributed by atoms with Gasteiger partial charge in [-0.25, -0.2) is 0 Å². The average Bonchev–Trinajstić information content (AvgIpc) is 2.87. The molecule has 3 rings (SSSR count). The largest absolute Gasteiger partial charge is 0.490 e. The summed E-state index contributed by atoms with van der Waals surface area (Å²) in [7, 11) is 0. The molecule has 0 unspecified atom stereocenters. The van der Waals surface area contributed by atoms with Crippen LogP contribution in [0.4, 0.5) is 0 Å². The number of nitrogens with one attached hydrogen (secondary N) is 1. The molecular weight excluding hydrogens is 280 g/mol. The first-order chi connectivity index (χ1) is 10.6. The smallest absolute Gasteiger partial charge is 0.250 e. The third-order valence-electron chi connectivity index (χ3n) is 3.66. The third-order valence-corrected chi connectivity index (χ3v) is 3.66. The lowest BCUT2D eigenvalue weighted by Crippen LogP contribution is -2.31. The topological polar surface area (TPSA) is 60.3 Å². The Labute approximate surface area is 128 Å². The number of hydrogen-bond donors (Lipinski definition) is 1. The van der Waals surface area contributed by atoms with Crippen molar-refractivity contribution >= 4 is 5.91 Å². The molecule has 1 aliphatic heterocycles. The van der Waals surface area contributed by atoms with Crippen molar-refractivity contribution in [1.82, 2.24) is 9.88 Å². The Kier molecular flexibility index (Phi) is 3.96. The normalized spacial score (nSPS) is 16.0. The highest BCUT2D eigenvalue weighted by atomic mass is 16.5. The van der Waals surface area contributed by atoms with Gasteiger partial charge in [0.15, 0.2) is 0 Å². The van der Waals surface area contributed by atoms with Crippen molar-refractivity contribution in [3.63, 3.8) is 0 Å². The van der Waals surface area contributed by atoms with E-state index in [4.69, 9.17) is 4.74 Å². The number of benzene rings is 1. The first-order valence-electron chi connectivity index (χ1n) is 7.32. The van der Waals surface area contributed by atoms with Crippen LogP contribution < -0.4 is 15.6 Å². The van der Waals surface area contributed by atoms with E-state index in [2.05, 4.69) is 11.4 Å². The van der Waals surface area contributed by atoms with Gasteiger partial charge in [-0.1, -0.05) is 18.2 Å². The van der Waals surface area contributed by atoms with Crippen LogP contribution in [0.15, 0.2) is 47.4 Å². The Hall–Kier alpha value is -2.56. The molecule has 2 heterocycles. The van der Waals surface area contributed by atoms with Crippen LogP contribution in [0.1, 0.15) is 18.1 Å². The molecule has 22 heavy (non-hydrogen) atoms. The van der Waals surface area contributed by atoms with E-state index in [1.165, 1.54) is 16.2 Å². The molecule has 0 saturated heterocycles. The molecule has 1 aromatic heterocycles. The van der Waals surface area contributed by atoms with Gasteiger partial charge < -0.3 is 14.6 Å². The molecule has 0 fully saturated rings. The summed E-state index contributed by atoms with van der Waals surface area (Å²) in [5.74, 6) is 0.747. The number of carbonyl (C=O) groups is 1. The van der Waals surface area contributed by atoms with Gasteiger partial charge in [0, 0.05) is 25.2 Å². The monoisotopic (exact) mass is 298 g/mol. The molecule has 114 valence electrons. The summed E-state index contributed by atoms with van der Waals surface area (Å²) in [5, 5.41) is 2.84. The van der Waals surface area contributed by atoms with Crippen LogP contribution in [0.5, 0.6) is 5.75 Å². The van der Waals surface area contributed by atoms with Crippen LogP contribution in [0.2, 0.25) is 0 Å². The molecule has 1 N–H and O–H groups in total. The Morgan fingerprint density at radius 1 is 1.36 bits per heavy atom. The quantitative estimate of drug-likeness (QED) is 0.930. The minimum absolute atomic E-state index is 0.0325. The van der Waals surface area contributed by atoms with Gasteiger partial charge >= 0.3 is 0 Å². The van der Waals surface area contributed by atoms with Gasteiger partial charge in [-0.2, -0.15) is 0 Å². The van der Waals surface area contributed by atoms with Crippen molar-refractivity contribution in [2.24, 2.45) is 0 Å². The second-order valence-electron chi connectivity index (χ2n) is 5.52. The molecule has 0 aliphatic carbocycles. The van der Waals surface area contributed by atoms with E-state index < -0.39 is 0 Å². The number of aromatic nitrogens is 1.